The summed E-state index contributed by atoms with van der Waals surface area (Å²) >= 11 is 0. The Labute approximate surface area is 241 Å². The van der Waals surface area contributed by atoms with Crippen molar-refractivity contribution in [3.05, 3.63) is 86.9 Å². The smallest absolute Gasteiger partial charge is 0.416 e. The minimum Gasteiger partial charge on any atom is -0.498 e. The summed E-state index contributed by atoms with van der Waals surface area (Å²) in [6.07, 6.45) is -0.424. The summed E-state index contributed by atoms with van der Waals surface area (Å²) in [4.78, 5) is 11.4. The second kappa shape index (κ2) is 10.3. The Morgan fingerprint density at radius 2 is 1.83 bits per heavy atom. The van der Waals surface area contributed by atoms with E-state index in [0.29, 0.717) is 43.4 Å². The highest BCUT2D eigenvalue weighted by Crippen LogP contribution is 2.56. The normalized spacial score (nSPS) is 22.0. The van der Waals surface area contributed by atoms with Crippen molar-refractivity contribution in [3.63, 3.8) is 0 Å². The Kier molecular flexibility index (Phi) is 6.99. The SMILES string of the molecule is CCc1cc2c(cc1OCc1cc(C3=C(C(F)(F)F)C=C(OCCC4(O)CC4)CC3C)ccc1F)CC1C(C(=O)O)=C21. The highest BCUT2D eigenvalue weighted by Gasteiger charge is 2.48. The molecule has 0 saturated heterocycles. The standard InChI is InChI=1S/C33H32F4O5/c1-3-18-12-23-20(13-24-29(23)30(24)31(38)39)14-27(18)42-16-21-11-19(4-5-26(21)34)28-17(2)10-22(15-25(28)33(35,36)37)41-9-8-32(40)6-7-32/h4-5,11-12,14-15,17,24,40H,3,6-10,13,16H2,1-2H3,(H,38,39). The van der Waals surface area contributed by atoms with Crippen LogP contribution in [0.2, 0.25) is 0 Å². The maximum atomic E-state index is 14.9. The number of aryl methyl sites for hydroxylation is 1. The van der Waals surface area contributed by atoms with Gasteiger partial charge in [0.2, 0.25) is 0 Å². The summed E-state index contributed by atoms with van der Waals surface area (Å²) in [6, 6.07) is 7.77. The molecule has 42 heavy (non-hydrogen) atoms. The number of aliphatic carboxylic acids is 1. The number of hydrogen-bond donors (Lipinski definition) is 2. The van der Waals surface area contributed by atoms with Crippen LogP contribution < -0.4 is 4.74 Å². The second-order valence-electron chi connectivity index (χ2n) is 11.8. The highest BCUT2D eigenvalue weighted by molar-refractivity contribution is 6.11. The number of halogens is 4. The van der Waals surface area contributed by atoms with Gasteiger partial charge in [0.15, 0.2) is 0 Å². The first-order chi connectivity index (χ1) is 19.9. The summed E-state index contributed by atoms with van der Waals surface area (Å²) in [5, 5.41) is 19.4. The topological polar surface area (TPSA) is 76.0 Å². The van der Waals surface area contributed by atoms with E-state index in [-0.39, 0.29) is 48.0 Å². The third kappa shape index (κ3) is 5.35. The fraction of sp³-hybridized carbons (Fsp3) is 0.424. The van der Waals surface area contributed by atoms with Gasteiger partial charge in [0, 0.05) is 29.9 Å². The number of carboxylic acid groups (broad SMARTS) is 1. The molecule has 2 aromatic rings. The lowest BCUT2D eigenvalue weighted by atomic mass is 9.82. The van der Waals surface area contributed by atoms with Gasteiger partial charge >= 0.3 is 12.1 Å². The van der Waals surface area contributed by atoms with Gasteiger partial charge in [-0.25, -0.2) is 9.18 Å². The Hall–Kier alpha value is -3.59. The van der Waals surface area contributed by atoms with Crippen LogP contribution >= 0.6 is 0 Å². The van der Waals surface area contributed by atoms with Crippen LogP contribution in [0, 0.1) is 17.7 Å². The molecule has 6 rings (SSSR count). The molecule has 9 heteroatoms. The molecule has 0 heterocycles. The summed E-state index contributed by atoms with van der Waals surface area (Å²) in [5.74, 6) is -1.29. The van der Waals surface area contributed by atoms with Crippen LogP contribution in [-0.2, 0) is 29.0 Å². The first-order valence-electron chi connectivity index (χ1n) is 14.3. The molecule has 0 bridgehead atoms. The first kappa shape index (κ1) is 28.5. The number of alkyl halides is 3. The molecule has 2 N–H and O–H groups in total. The lowest BCUT2D eigenvalue weighted by Gasteiger charge is -2.28. The number of rotatable bonds is 10. The van der Waals surface area contributed by atoms with Gasteiger partial charge in [-0.1, -0.05) is 19.9 Å². The fourth-order valence-electron chi connectivity index (χ4n) is 6.30. The number of carboxylic acids is 1. The molecule has 0 amide bonds. The van der Waals surface area contributed by atoms with Gasteiger partial charge in [-0.3, -0.25) is 0 Å². The van der Waals surface area contributed by atoms with E-state index in [1.807, 2.05) is 19.1 Å². The largest absolute Gasteiger partial charge is 0.498 e. The summed E-state index contributed by atoms with van der Waals surface area (Å²) < 4.78 is 69.4. The Morgan fingerprint density at radius 1 is 1.07 bits per heavy atom. The van der Waals surface area contributed by atoms with Gasteiger partial charge in [-0.05, 0) is 95.3 Å². The van der Waals surface area contributed by atoms with Crippen LogP contribution in [0.5, 0.6) is 5.75 Å². The van der Waals surface area contributed by atoms with Crippen molar-refractivity contribution in [2.24, 2.45) is 11.8 Å². The number of ether oxygens (including phenoxy) is 2. The van der Waals surface area contributed by atoms with Crippen molar-refractivity contribution in [1.82, 2.24) is 0 Å². The number of benzene rings is 2. The molecular weight excluding hydrogens is 552 g/mol. The third-order valence-electron chi connectivity index (χ3n) is 8.84. The maximum absolute atomic E-state index is 14.9. The maximum Gasteiger partial charge on any atom is 0.416 e. The molecule has 0 aliphatic heterocycles. The summed E-state index contributed by atoms with van der Waals surface area (Å²) in [5.41, 5.74) is 3.01. The highest BCUT2D eigenvalue weighted by atomic mass is 19.4. The number of hydrogen-bond acceptors (Lipinski definition) is 4. The van der Waals surface area contributed by atoms with Gasteiger partial charge in [0.05, 0.1) is 23.5 Å². The average Bonchev–Trinajstić information content (AvgIpc) is 3.81. The van der Waals surface area contributed by atoms with Crippen LogP contribution in [0.1, 0.15) is 67.3 Å². The predicted molar refractivity (Wildman–Crippen MR) is 148 cm³/mol. The van der Waals surface area contributed by atoms with Crippen LogP contribution in [-0.4, -0.2) is 34.6 Å². The quantitative estimate of drug-likeness (QED) is 0.290. The van der Waals surface area contributed by atoms with Crippen molar-refractivity contribution >= 4 is 17.1 Å². The third-order valence-corrected chi connectivity index (χ3v) is 8.84. The fourth-order valence-corrected chi connectivity index (χ4v) is 6.30. The Bertz CT molecular complexity index is 1560. The van der Waals surface area contributed by atoms with Crippen LogP contribution in [0.15, 0.2) is 53.3 Å². The van der Waals surface area contributed by atoms with Crippen molar-refractivity contribution in [2.45, 2.75) is 70.8 Å². The van der Waals surface area contributed by atoms with Crippen LogP contribution in [0.3, 0.4) is 0 Å². The van der Waals surface area contributed by atoms with E-state index in [0.717, 1.165) is 28.3 Å². The molecule has 1 saturated carbocycles. The number of carbonyl (C=O) groups is 1. The molecule has 222 valence electrons. The lowest BCUT2D eigenvalue weighted by molar-refractivity contribution is -0.132. The molecule has 4 aliphatic rings. The Balaban J connectivity index is 1.25. The monoisotopic (exact) mass is 584 g/mol. The summed E-state index contributed by atoms with van der Waals surface area (Å²) in [7, 11) is 0. The van der Waals surface area contributed by atoms with Gasteiger partial charge in [-0.2, -0.15) is 13.2 Å². The summed E-state index contributed by atoms with van der Waals surface area (Å²) in [6.45, 7) is 3.61. The molecule has 0 spiro atoms. The zero-order chi connectivity index (χ0) is 30.0. The van der Waals surface area contributed by atoms with Gasteiger partial charge < -0.3 is 19.7 Å². The minimum absolute atomic E-state index is 0.0651. The molecule has 2 aromatic carbocycles. The molecule has 1 fully saturated rings. The molecule has 2 atom stereocenters. The van der Waals surface area contributed by atoms with E-state index < -0.39 is 35.1 Å². The van der Waals surface area contributed by atoms with Crippen LogP contribution in [0.25, 0.3) is 11.1 Å². The van der Waals surface area contributed by atoms with Gasteiger partial charge in [0.1, 0.15) is 18.2 Å². The predicted octanol–water partition coefficient (Wildman–Crippen LogP) is 7.16. The number of fused-ring (bicyclic) bond motifs is 3. The van der Waals surface area contributed by atoms with Crippen LogP contribution in [0.4, 0.5) is 17.6 Å². The molecular formula is C33H32F4O5. The molecule has 4 aliphatic carbocycles. The molecule has 5 nitrogen and oxygen atoms in total. The lowest BCUT2D eigenvalue weighted by Crippen LogP contribution is -2.21. The van der Waals surface area contributed by atoms with Crippen molar-refractivity contribution in [1.29, 1.82) is 0 Å². The second-order valence-corrected chi connectivity index (χ2v) is 11.8. The van der Waals surface area contributed by atoms with E-state index in [4.69, 9.17) is 9.47 Å². The zero-order valence-electron chi connectivity index (χ0n) is 23.4. The van der Waals surface area contributed by atoms with E-state index in [9.17, 15) is 32.6 Å². The zero-order valence-corrected chi connectivity index (χ0v) is 23.4. The molecule has 2 unspecified atom stereocenters. The van der Waals surface area contributed by atoms with Gasteiger partial charge in [0.25, 0.3) is 0 Å². The first-order valence-corrected chi connectivity index (χ1v) is 14.3. The van der Waals surface area contributed by atoms with E-state index in [1.54, 1.807) is 6.92 Å². The minimum atomic E-state index is -4.64. The Morgan fingerprint density at radius 3 is 2.50 bits per heavy atom. The van der Waals surface area contributed by atoms with E-state index in [1.165, 1.54) is 18.2 Å². The van der Waals surface area contributed by atoms with Crippen molar-refractivity contribution in [3.8, 4) is 5.75 Å². The molecule has 0 aromatic heterocycles. The van der Waals surface area contributed by atoms with Crippen molar-refractivity contribution in [2.75, 3.05) is 6.61 Å². The number of aliphatic hydroxyl groups is 1. The van der Waals surface area contributed by atoms with Crippen molar-refractivity contribution < 1.29 is 42.0 Å². The van der Waals surface area contributed by atoms with E-state index >= 15 is 0 Å². The van der Waals surface area contributed by atoms with Gasteiger partial charge in [-0.15, -0.1) is 0 Å². The van der Waals surface area contributed by atoms with E-state index in [2.05, 4.69) is 0 Å². The molecule has 0 radical (unpaired) electrons. The average molecular weight is 585 g/mol. The number of allylic oxidation sites excluding steroid dienone is 5.